The lowest BCUT2D eigenvalue weighted by atomic mass is 10.1. The van der Waals surface area contributed by atoms with Gasteiger partial charge in [0, 0.05) is 0 Å². The summed E-state index contributed by atoms with van der Waals surface area (Å²) in [6.07, 6.45) is -4.43. The van der Waals surface area contributed by atoms with E-state index in [9.17, 15) is 13.2 Å². The van der Waals surface area contributed by atoms with Gasteiger partial charge in [-0.1, -0.05) is 34.8 Å². The normalized spacial score (nSPS) is 13.3. The van der Waals surface area contributed by atoms with Crippen molar-refractivity contribution < 1.29 is 13.2 Å². The number of aromatic amines is 1. The van der Waals surface area contributed by atoms with Gasteiger partial charge in [-0.2, -0.15) is 13.2 Å². The molecule has 1 aromatic heterocycles. The number of nitrogens with one attached hydrogen (secondary N) is 1. The predicted octanol–water partition coefficient (Wildman–Crippen LogP) is 4.72. The first kappa shape index (κ1) is 13.8. The van der Waals surface area contributed by atoms with E-state index in [1.807, 2.05) is 0 Å². The van der Waals surface area contributed by atoms with Crippen LogP contribution >= 0.6 is 34.8 Å². The molecule has 2 aromatic rings. The van der Waals surface area contributed by atoms with Gasteiger partial charge >= 0.3 is 6.18 Å². The molecule has 0 aliphatic rings. The topological polar surface area (TPSA) is 28.7 Å². The minimum atomic E-state index is -4.43. The summed E-state index contributed by atoms with van der Waals surface area (Å²) in [7, 11) is 0. The van der Waals surface area contributed by atoms with Crippen molar-refractivity contribution in [3.05, 3.63) is 29.1 Å². The van der Waals surface area contributed by atoms with Gasteiger partial charge < -0.3 is 4.98 Å². The Balaban J connectivity index is 2.67. The number of aromatic nitrogens is 2. The monoisotopic (exact) mass is 316 g/mol. The van der Waals surface area contributed by atoms with Crippen LogP contribution in [0.2, 0.25) is 0 Å². The van der Waals surface area contributed by atoms with Gasteiger partial charge in [0.05, 0.1) is 16.6 Å². The molecular weight excluding hydrogens is 311 g/mol. The molecule has 8 heteroatoms. The highest BCUT2D eigenvalue weighted by atomic mass is 35.6. The number of imidazole rings is 1. The molecule has 0 atom stereocenters. The van der Waals surface area contributed by atoms with Crippen LogP contribution in [0.3, 0.4) is 0 Å². The second-order valence-electron chi connectivity index (χ2n) is 3.77. The lowest BCUT2D eigenvalue weighted by Gasteiger charge is -2.07. The number of H-pyrrole nitrogens is 1. The molecule has 0 saturated heterocycles. The first-order valence-electron chi connectivity index (χ1n) is 4.74. The summed E-state index contributed by atoms with van der Waals surface area (Å²) in [5.74, 6) is -0.00933. The summed E-state index contributed by atoms with van der Waals surface area (Å²) >= 11 is 16.9. The highest BCUT2D eigenvalue weighted by Gasteiger charge is 2.32. The fourth-order valence-electron chi connectivity index (χ4n) is 1.59. The number of rotatable bonds is 0. The maximum atomic E-state index is 12.6. The number of hydrogen-bond donors (Lipinski definition) is 1. The molecule has 0 bridgehead atoms. The maximum Gasteiger partial charge on any atom is 0.416 e. The van der Waals surface area contributed by atoms with Gasteiger partial charge in [0.2, 0.25) is 3.79 Å². The lowest BCUT2D eigenvalue weighted by Crippen LogP contribution is -2.05. The Morgan fingerprint density at radius 2 is 1.78 bits per heavy atom. The number of alkyl halides is 6. The van der Waals surface area contributed by atoms with Crippen LogP contribution in [0.1, 0.15) is 17.0 Å². The van der Waals surface area contributed by atoms with Crippen molar-refractivity contribution in [1.29, 1.82) is 0 Å². The number of benzene rings is 1. The Morgan fingerprint density at radius 3 is 2.28 bits per heavy atom. The largest absolute Gasteiger partial charge is 0.416 e. The van der Waals surface area contributed by atoms with E-state index in [-0.39, 0.29) is 11.3 Å². The molecular formula is C10H6Cl3F3N2. The summed E-state index contributed by atoms with van der Waals surface area (Å²) in [5.41, 5.74) is 0.122. The first-order valence-corrected chi connectivity index (χ1v) is 5.87. The van der Waals surface area contributed by atoms with Crippen LogP contribution in [0.15, 0.2) is 12.1 Å². The number of fused-ring (bicyclic) bond motifs is 1. The van der Waals surface area contributed by atoms with Crippen LogP contribution in [0.5, 0.6) is 0 Å². The minimum Gasteiger partial charge on any atom is -0.338 e. The van der Waals surface area contributed by atoms with Crippen LogP contribution < -0.4 is 0 Å². The summed E-state index contributed by atoms with van der Waals surface area (Å²) in [6, 6.07) is 1.95. The van der Waals surface area contributed by atoms with E-state index in [4.69, 9.17) is 34.8 Å². The van der Waals surface area contributed by atoms with Crippen LogP contribution in [-0.4, -0.2) is 9.97 Å². The van der Waals surface area contributed by atoms with Crippen molar-refractivity contribution in [3.63, 3.8) is 0 Å². The molecule has 98 valence electrons. The molecule has 0 radical (unpaired) electrons. The molecule has 0 fully saturated rings. The number of halogens is 6. The second kappa shape index (κ2) is 4.18. The zero-order valence-corrected chi connectivity index (χ0v) is 11.1. The average molecular weight is 318 g/mol. The van der Waals surface area contributed by atoms with Crippen molar-refractivity contribution in [1.82, 2.24) is 9.97 Å². The summed E-state index contributed by atoms with van der Waals surface area (Å²) < 4.78 is 36.1. The van der Waals surface area contributed by atoms with E-state index in [1.54, 1.807) is 0 Å². The molecule has 0 aliphatic heterocycles. The molecule has 1 heterocycles. The van der Waals surface area contributed by atoms with Crippen LogP contribution in [0.25, 0.3) is 11.0 Å². The Kier molecular flexibility index (Phi) is 3.20. The third-order valence-electron chi connectivity index (χ3n) is 2.37. The van der Waals surface area contributed by atoms with E-state index in [2.05, 4.69) is 9.97 Å². The van der Waals surface area contributed by atoms with Crippen LogP contribution in [0, 0.1) is 6.92 Å². The Bertz CT molecular complexity index is 599. The van der Waals surface area contributed by atoms with E-state index in [0.29, 0.717) is 11.1 Å². The van der Waals surface area contributed by atoms with Crippen LogP contribution in [-0.2, 0) is 9.97 Å². The molecule has 0 unspecified atom stereocenters. The zero-order valence-electron chi connectivity index (χ0n) is 8.87. The van der Waals surface area contributed by atoms with Gasteiger partial charge in [0.15, 0.2) is 5.82 Å². The highest BCUT2D eigenvalue weighted by molar-refractivity contribution is 6.66. The fourth-order valence-corrected chi connectivity index (χ4v) is 1.86. The quantitative estimate of drug-likeness (QED) is 0.700. The van der Waals surface area contributed by atoms with Gasteiger partial charge in [0.1, 0.15) is 0 Å². The molecule has 0 aliphatic carbocycles. The van der Waals surface area contributed by atoms with Crippen molar-refractivity contribution in [2.24, 2.45) is 0 Å². The Morgan fingerprint density at radius 1 is 1.17 bits per heavy atom. The van der Waals surface area contributed by atoms with Gasteiger partial charge in [-0.3, -0.25) is 0 Å². The molecule has 0 amide bonds. The number of aryl methyl sites for hydroxylation is 1. The standard InChI is InChI=1S/C10H6Cl3F3N2/c1-4-2-5(10(14,15)16)3-6-7(4)18-8(17-6)9(11,12)13/h2-3H,1H3,(H,17,18). The van der Waals surface area contributed by atoms with Crippen LogP contribution in [0.4, 0.5) is 13.2 Å². The summed E-state index contributed by atoms with van der Waals surface area (Å²) in [6.45, 7) is 1.51. The van der Waals surface area contributed by atoms with Gasteiger partial charge in [-0.05, 0) is 24.6 Å². The Hall–Kier alpha value is -0.650. The van der Waals surface area contributed by atoms with Crippen molar-refractivity contribution >= 4 is 45.8 Å². The average Bonchev–Trinajstić information content (AvgIpc) is 2.59. The third-order valence-corrected chi connectivity index (χ3v) is 2.91. The zero-order chi connectivity index (χ0) is 13.7. The molecule has 2 nitrogen and oxygen atoms in total. The lowest BCUT2D eigenvalue weighted by molar-refractivity contribution is -0.137. The van der Waals surface area contributed by atoms with E-state index >= 15 is 0 Å². The van der Waals surface area contributed by atoms with Gasteiger partial charge in [-0.25, -0.2) is 4.98 Å². The molecule has 18 heavy (non-hydrogen) atoms. The molecule has 0 spiro atoms. The molecule has 2 rings (SSSR count). The number of hydrogen-bond acceptors (Lipinski definition) is 1. The fraction of sp³-hybridized carbons (Fsp3) is 0.300. The molecule has 1 aromatic carbocycles. The summed E-state index contributed by atoms with van der Waals surface area (Å²) in [4.78, 5) is 6.57. The first-order chi connectivity index (χ1) is 8.09. The smallest absolute Gasteiger partial charge is 0.338 e. The van der Waals surface area contributed by atoms with Crippen molar-refractivity contribution in [3.8, 4) is 0 Å². The Labute approximate surface area is 115 Å². The molecule has 0 saturated carbocycles. The van der Waals surface area contributed by atoms with E-state index < -0.39 is 15.5 Å². The second-order valence-corrected chi connectivity index (χ2v) is 6.05. The van der Waals surface area contributed by atoms with Crippen molar-refractivity contribution in [2.45, 2.75) is 16.9 Å². The van der Waals surface area contributed by atoms with E-state index in [1.165, 1.54) is 6.92 Å². The SMILES string of the molecule is Cc1cc(C(F)(F)F)cc2[nH]c(C(Cl)(Cl)Cl)nc12. The molecule has 1 N–H and O–H groups in total. The van der Waals surface area contributed by atoms with Gasteiger partial charge in [-0.15, -0.1) is 0 Å². The highest BCUT2D eigenvalue weighted by Crippen LogP contribution is 2.38. The van der Waals surface area contributed by atoms with Gasteiger partial charge in [0.25, 0.3) is 0 Å². The third kappa shape index (κ3) is 2.53. The van der Waals surface area contributed by atoms with Crippen molar-refractivity contribution in [2.75, 3.05) is 0 Å². The minimum absolute atomic E-state index is 0.00933. The van der Waals surface area contributed by atoms with E-state index in [0.717, 1.165) is 12.1 Å². The summed E-state index contributed by atoms with van der Waals surface area (Å²) in [5, 5.41) is 0. The number of nitrogens with zero attached hydrogens (tertiary/aromatic N) is 1. The maximum absolute atomic E-state index is 12.6. The predicted molar refractivity (Wildman–Crippen MR) is 65.1 cm³/mol.